The number of aromatic nitrogens is 1. The zero-order chi connectivity index (χ0) is 14.7. The molecule has 1 heterocycles. The minimum Gasteiger partial charge on any atom is -0.489 e. The zero-order valence-corrected chi connectivity index (χ0v) is 12.8. The van der Waals surface area contributed by atoms with Crippen molar-refractivity contribution >= 4 is 26.8 Å². The molecule has 3 rings (SSSR count). The smallest absolute Gasteiger partial charge is 0.127 e. The van der Waals surface area contributed by atoms with Crippen molar-refractivity contribution in [2.75, 3.05) is 0 Å². The van der Waals surface area contributed by atoms with E-state index in [9.17, 15) is 4.39 Å². The Bertz CT molecular complexity index is 770. The minimum atomic E-state index is -0.290. The van der Waals surface area contributed by atoms with Gasteiger partial charge in [0.1, 0.15) is 18.2 Å². The first-order valence-corrected chi connectivity index (χ1v) is 7.69. The van der Waals surface area contributed by atoms with E-state index < -0.39 is 0 Å². The summed E-state index contributed by atoms with van der Waals surface area (Å²) in [6.45, 7) is 0.383. The summed E-state index contributed by atoms with van der Waals surface area (Å²) in [5.74, 6) is 0.242. The Balaban J connectivity index is 1.85. The molecule has 0 saturated heterocycles. The molecule has 0 N–H and O–H groups in total. The summed E-state index contributed by atoms with van der Waals surface area (Å²) >= 11 is 3.32. The molecule has 2 aromatic carbocycles. The molecule has 1 aromatic heterocycles. The van der Waals surface area contributed by atoms with E-state index in [2.05, 4.69) is 20.9 Å². The zero-order valence-electron chi connectivity index (χ0n) is 11.2. The largest absolute Gasteiger partial charge is 0.489 e. The van der Waals surface area contributed by atoms with Crippen molar-refractivity contribution in [2.45, 2.75) is 11.9 Å². The van der Waals surface area contributed by atoms with Crippen LogP contribution in [0.5, 0.6) is 5.75 Å². The first-order valence-electron chi connectivity index (χ1n) is 6.57. The minimum absolute atomic E-state index is 0.290. The molecule has 0 atom stereocenters. The summed E-state index contributed by atoms with van der Waals surface area (Å²) in [6.07, 6.45) is 1.76. The first kappa shape index (κ1) is 14.0. The van der Waals surface area contributed by atoms with Crippen LogP contribution in [0, 0.1) is 5.82 Å². The van der Waals surface area contributed by atoms with Gasteiger partial charge in [-0.25, -0.2) is 4.39 Å². The van der Waals surface area contributed by atoms with Gasteiger partial charge in [-0.3, -0.25) is 4.98 Å². The Morgan fingerprint density at radius 2 is 1.95 bits per heavy atom. The van der Waals surface area contributed by atoms with Crippen LogP contribution in [0.4, 0.5) is 4.39 Å². The Hall–Kier alpha value is -1.94. The highest BCUT2D eigenvalue weighted by molar-refractivity contribution is 9.08. The van der Waals surface area contributed by atoms with Crippen molar-refractivity contribution in [3.05, 3.63) is 71.7 Å². The molecule has 3 aromatic rings. The standard InChI is InChI=1S/C17H13BrFNO/c18-10-12-7-14(19)9-15(8-12)21-11-13-5-6-20-17-4-2-1-3-16(13)17/h1-9H,10-11H2. The molecular weight excluding hydrogens is 333 g/mol. The van der Waals surface area contributed by atoms with E-state index in [-0.39, 0.29) is 5.82 Å². The van der Waals surface area contributed by atoms with E-state index in [4.69, 9.17) is 4.74 Å². The number of benzene rings is 2. The number of alkyl halides is 1. The fourth-order valence-corrected chi connectivity index (χ4v) is 2.55. The number of nitrogens with zero attached hydrogens (tertiary/aromatic N) is 1. The Kier molecular flexibility index (Phi) is 4.15. The van der Waals surface area contributed by atoms with E-state index in [0.717, 1.165) is 22.0 Å². The summed E-state index contributed by atoms with van der Waals surface area (Å²) in [5.41, 5.74) is 2.81. The molecule has 0 aliphatic rings. The molecule has 2 nitrogen and oxygen atoms in total. The molecule has 106 valence electrons. The number of hydrogen-bond donors (Lipinski definition) is 0. The average molecular weight is 346 g/mol. The van der Waals surface area contributed by atoms with Crippen LogP contribution in [0.2, 0.25) is 0 Å². The lowest BCUT2D eigenvalue weighted by molar-refractivity contribution is 0.305. The highest BCUT2D eigenvalue weighted by Gasteiger charge is 2.05. The van der Waals surface area contributed by atoms with Crippen molar-refractivity contribution in [1.29, 1.82) is 0 Å². The molecule has 0 fully saturated rings. The molecule has 0 saturated carbocycles. The lowest BCUT2D eigenvalue weighted by Gasteiger charge is -2.10. The first-order chi connectivity index (χ1) is 10.3. The van der Waals surface area contributed by atoms with E-state index in [0.29, 0.717) is 17.7 Å². The van der Waals surface area contributed by atoms with Crippen molar-refractivity contribution in [3.63, 3.8) is 0 Å². The van der Waals surface area contributed by atoms with E-state index in [1.165, 1.54) is 12.1 Å². The van der Waals surface area contributed by atoms with Gasteiger partial charge in [-0.2, -0.15) is 0 Å². The molecule has 0 aliphatic carbocycles. The fourth-order valence-electron chi connectivity index (χ4n) is 2.22. The molecule has 0 radical (unpaired) electrons. The number of pyridine rings is 1. The van der Waals surface area contributed by atoms with Crippen LogP contribution in [0.25, 0.3) is 10.9 Å². The monoisotopic (exact) mass is 345 g/mol. The van der Waals surface area contributed by atoms with E-state index >= 15 is 0 Å². The second kappa shape index (κ2) is 6.22. The number of rotatable bonds is 4. The predicted octanol–water partition coefficient (Wildman–Crippen LogP) is 4.85. The van der Waals surface area contributed by atoms with Gasteiger partial charge in [0.2, 0.25) is 0 Å². The summed E-state index contributed by atoms with van der Waals surface area (Å²) in [7, 11) is 0. The second-order valence-corrected chi connectivity index (χ2v) is 5.27. The van der Waals surface area contributed by atoms with Crippen LogP contribution < -0.4 is 4.74 Å². The van der Waals surface area contributed by atoms with Gasteiger partial charge in [0, 0.05) is 28.5 Å². The van der Waals surface area contributed by atoms with Crippen molar-refractivity contribution in [2.24, 2.45) is 0 Å². The SMILES string of the molecule is Fc1cc(CBr)cc(OCc2ccnc3ccccc23)c1. The van der Waals surface area contributed by atoms with Crippen molar-refractivity contribution in [1.82, 2.24) is 4.98 Å². The molecule has 0 amide bonds. The molecule has 0 aliphatic heterocycles. The van der Waals surface area contributed by atoms with Crippen LogP contribution >= 0.6 is 15.9 Å². The normalized spacial score (nSPS) is 10.8. The Morgan fingerprint density at radius 3 is 2.81 bits per heavy atom. The van der Waals surface area contributed by atoms with Gasteiger partial charge in [0.25, 0.3) is 0 Å². The number of halogens is 2. The highest BCUT2D eigenvalue weighted by Crippen LogP contribution is 2.22. The Labute approximate surface area is 130 Å². The topological polar surface area (TPSA) is 22.1 Å². The molecular formula is C17H13BrFNO. The van der Waals surface area contributed by atoms with Gasteiger partial charge in [-0.1, -0.05) is 34.1 Å². The Morgan fingerprint density at radius 1 is 1.10 bits per heavy atom. The molecule has 0 spiro atoms. The van der Waals surface area contributed by atoms with Gasteiger partial charge in [0.15, 0.2) is 0 Å². The van der Waals surface area contributed by atoms with Crippen LogP contribution in [-0.4, -0.2) is 4.98 Å². The molecule has 21 heavy (non-hydrogen) atoms. The third-order valence-corrected chi connectivity index (χ3v) is 3.87. The summed E-state index contributed by atoms with van der Waals surface area (Å²) < 4.78 is 19.2. The average Bonchev–Trinajstić information content (AvgIpc) is 2.52. The summed E-state index contributed by atoms with van der Waals surface area (Å²) in [6, 6.07) is 14.5. The predicted molar refractivity (Wildman–Crippen MR) is 85.1 cm³/mol. The van der Waals surface area contributed by atoms with Gasteiger partial charge in [-0.15, -0.1) is 0 Å². The van der Waals surface area contributed by atoms with Crippen LogP contribution in [-0.2, 0) is 11.9 Å². The van der Waals surface area contributed by atoms with Gasteiger partial charge >= 0.3 is 0 Å². The molecule has 0 unspecified atom stereocenters. The van der Waals surface area contributed by atoms with Crippen LogP contribution in [0.1, 0.15) is 11.1 Å². The van der Waals surface area contributed by atoms with Crippen LogP contribution in [0.3, 0.4) is 0 Å². The number of para-hydroxylation sites is 1. The number of fused-ring (bicyclic) bond motifs is 1. The van der Waals surface area contributed by atoms with Crippen molar-refractivity contribution in [3.8, 4) is 5.75 Å². The number of ether oxygens (including phenoxy) is 1. The molecule has 4 heteroatoms. The van der Waals surface area contributed by atoms with Crippen molar-refractivity contribution < 1.29 is 9.13 Å². The third kappa shape index (κ3) is 3.22. The van der Waals surface area contributed by atoms with Gasteiger partial charge in [-0.05, 0) is 29.8 Å². The maximum Gasteiger partial charge on any atom is 0.127 e. The second-order valence-electron chi connectivity index (χ2n) is 4.70. The maximum absolute atomic E-state index is 13.5. The fraction of sp³-hybridized carbons (Fsp3) is 0.118. The number of hydrogen-bond acceptors (Lipinski definition) is 2. The van der Waals surface area contributed by atoms with Gasteiger partial charge < -0.3 is 4.74 Å². The molecule has 0 bridgehead atoms. The quantitative estimate of drug-likeness (QED) is 0.630. The third-order valence-electron chi connectivity index (χ3n) is 3.22. The summed E-state index contributed by atoms with van der Waals surface area (Å²) in [4.78, 5) is 4.32. The summed E-state index contributed by atoms with van der Waals surface area (Å²) in [5, 5.41) is 1.65. The van der Waals surface area contributed by atoms with Crippen LogP contribution in [0.15, 0.2) is 54.7 Å². The maximum atomic E-state index is 13.5. The van der Waals surface area contributed by atoms with E-state index in [1.807, 2.05) is 36.4 Å². The lowest BCUT2D eigenvalue weighted by Crippen LogP contribution is -1.98. The van der Waals surface area contributed by atoms with Gasteiger partial charge in [0.05, 0.1) is 5.52 Å². The lowest BCUT2D eigenvalue weighted by atomic mass is 10.1. The highest BCUT2D eigenvalue weighted by atomic mass is 79.9. The van der Waals surface area contributed by atoms with E-state index in [1.54, 1.807) is 6.20 Å².